The van der Waals surface area contributed by atoms with Gasteiger partial charge >= 0.3 is 0 Å². The van der Waals surface area contributed by atoms with Gasteiger partial charge in [0.1, 0.15) is 11.0 Å². The molecule has 118 valence electrons. The molecule has 3 aromatic carbocycles. The molecule has 0 fully saturated rings. The first-order valence-corrected chi connectivity index (χ1v) is 7.97. The Balaban J connectivity index is 1.92. The van der Waals surface area contributed by atoms with Gasteiger partial charge in [-0.3, -0.25) is 0 Å². The molecule has 4 aromatic rings. The smallest absolute Gasteiger partial charge is 0.113 e. The summed E-state index contributed by atoms with van der Waals surface area (Å²) in [5, 5.41) is 18.5. The second-order valence-electron chi connectivity index (χ2n) is 5.67. The Labute approximate surface area is 140 Å². The lowest BCUT2D eigenvalue weighted by Crippen LogP contribution is -2.03. The monoisotopic (exact) mass is 315 g/mol. The van der Waals surface area contributed by atoms with Crippen LogP contribution in [0.25, 0.3) is 27.8 Å². The van der Waals surface area contributed by atoms with Gasteiger partial charge in [0.2, 0.25) is 0 Å². The maximum atomic E-state index is 9.24. The highest BCUT2D eigenvalue weighted by Gasteiger charge is 2.11. The van der Waals surface area contributed by atoms with Gasteiger partial charge in [-0.15, -0.1) is 15.0 Å². The standard InChI is InChI=1S/C20H17N3O/c24-13-12-15-10-11-17(16-6-2-1-3-7-16)20(14-15)23-21-18-8-4-5-9-19(18)22-23/h1-11,14,24H,12-13H2. The molecule has 1 aromatic heterocycles. The molecule has 1 heterocycles. The summed E-state index contributed by atoms with van der Waals surface area (Å²) in [7, 11) is 0. The zero-order chi connectivity index (χ0) is 16.4. The van der Waals surface area contributed by atoms with Crippen molar-refractivity contribution in [3.8, 4) is 16.8 Å². The van der Waals surface area contributed by atoms with Crippen molar-refractivity contribution in [2.24, 2.45) is 0 Å². The molecule has 0 amide bonds. The van der Waals surface area contributed by atoms with E-state index in [0.717, 1.165) is 33.4 Å². The molecule has 0 aliphatic rings. The van der Waals surface area contributed by atoms with Gasteiger partial charge < -0.3 is 5.11 Å². The molecule has 4 rings (SSSR count). The fraction of sp³-hybridized carbons (Fsp3) is 0.100. The Kier molecular flexibility index (Phi) is 3.81. The minimum Gasteiger partial charge on any atom is -0.396 e. The van der Waals surface area contributed by atoms with Gasteiger partial charge in [-0.05, 0) is 35.7 Å². The van der Waals surface area contributed by atoms with E-state index in [1.165, 1.54) is 0 Å². The summed E-state index contributed by atoms with van der Waals surface area (Å²) in [5.41, 5.74) is 5.90. The number of fused-ring (bicyclic) bond motifs is 1. The van der Waals surface area contributed by atoms with Crippen molar-refractivity contribution in [3.63, 3.8) is 0 Å². The van der Waals surface area contributed by atoms with Gasteiger partial charge in [0.05, 0.1) is 5.69 Å². The average molecular weight is 315 g/mol. The summed E-state index contributed by atoms with van der Waals surface area (Å²) in [6.07, 6.45) is 0.614. The van der Waals surface area contributed by atoms with Gasteiger partial charge in [0, 0.05) is 12.2 Å². The van der Waals surface area contributed by atoms with Crippen molar-refractivity contribution in [1.29, 1.82) is 0 Å². The molecule has 0 aliphatic heterocycles. The van der Waals surface area contributed by atoms with Crippen molar-refractivity contribution in [2.45, 2.75) is 6.42 Å². The topological polar surface area (TPSA) is 50.9 Å². The molecule has 0 saturated heterocycles. The SMILES string of the molecule is OCCc1ccc(-c2ccccc2)c(-n2nc3ccccc3n2)c1. The van der Waals surface area contributed by atoms with Gasteiger partial charge in [-0.2, -0.15) is 0 Å². The highest BCUT2D eigenvalue weighted by molar-refractivity contribution is 5.76. The number of hydrogen-bond donors (Lipinski definition) is 1. The first-order chi connectivity index (χ1) is 11.8. The Morgan fingerprint density at radius 3 is 2.12 bits per heavy atom. The molecule has 0 aliphatic carbocycles. The van der Waals surface area contributed by atoms with E-state index < -0.39 is 0 Å². The fourth-order valence-electron chi connectivity index (χ4n) is 2.86. The van der Waals surface area contributed by atoms with Gasteiger partial charge in [-0.1, -0.05) is 54.6 Å². The van der Waals surface area contributed by atoms with Crippen LogP contribution >= 0.6 is 0 Å². The van der Waals surface area contributed by atoms with Crippen molar-refractivity contribution >= 4 is 11.0 Å². The third-order valence-electron chi connectivity index (χ3n) is 4.05. The van der Waals surface area contributed by atoms with E-state index in [0.29, 0.717) is 6.42 Å². The van der Waals surface area contributed by atoms with Gasteiger partial charge in [-0.25, -0.2) is 0 Å². The predicted molar refractivity (Wildman–Crippen MR) is 95.1 cm³/mol. The van der Waals surface area contributed by atoms with Crippen LogP contribution in [0.5, 0.6) is 0 Å². The first-order valence-electron chi connectivity index (χ1n) is 7.97. The summed E-state index contributed by atoms with van der Waals surface area (Å²) in [6.45, 7) is 0.124. The highest BCUT2D eigenvalue weighted by atomic mass is 16.2. The zero-order valence-corrected chi connectivity index (χ0v) is 13.1. The zero-order valence-electron chi connectivity index (χ0n) is 13.1. The average Bonchev–Trinajstić information content (AvgIpc) is 3.07. The number of aromatic nitrogens is 3. The minimum atomic E-state index is 0.124. The Morgan fingerprint density at radius 2 is 1.46 bits per heavy atom. The van der Waals surface area contributed by atoms with Gasteiger partial charge in [0.25, 0.3) is 0 Å². The lowest BCUT2D eigenvalue weighted by Gasteiger charge is -2.11. The molecule has 0 bridgehead atoms. The van der Waals surface area contributed by atoms with Crippen molar-refractivity contribution in [1.82, 2.24) is 15.0 Å². The number of rotatable bonds is 4. The molecule has 0 saturated carbocycles. The first kappa shape index (κ1) is 14.6. The summed E-state index contributed by atoms with van der Waals surface area (Å²) < 4.78 is 0. The summed E-state index contributed by atoms with van der Waals surface area (Å²) >= 11 is 0. The number of aliphatic hydroxyl groups excluding tert-OH is 1. The Morgan fingerprint density at radius 1 is 0.792 bits per heavy atom. The Bertz CT molecular complexity index is 944. The van der Waals surface area contributed by atoms with E-state index in [1.807, 2.05) is 48.5 Å². The van der Waals surface area contributed by atoms with Crippen LogP contribution < -0.4 is 0 Å². The molecule has 4 nitrogen and oxygen atoms in total. The van der Waals surface area contributed by atoms with Crippen LogP contribution in [-0.4, -0.2) is 26.7 Å². The van der Waals surface area contributed by atoms with E-state index in [4.69, 9.17) is 0 Å². The van der Waals surface area contributed by atoms with Crippen LogP contribution in [0, 0.1) is 0 Å². The van der Waals surface area contributed by atoms with Crippen LogP contribution in [0.2, 0.25) is 0 Å². The second kappa shape index (κ2) is 6.26. The van der Waals surface area contributed by atoms with Crippen LogP contribution in [0.1, 0.15) is 5.56 Å². The quantitative estimate of drug-likeness (QED) is 0.626. The molecule has 0 spiro atoms. The maximum absolute atomic E-state index is 9.24. The second-order valence-corrected chi connectivity index (χ2v) is 5.67. The van der Waals surface area contributed by atoms with Crippen molar-refractivity contribution < 1.29 is 5.11 Å². The van der Waals surface area contributed by atoms with Crippen LogP contribution in [-0.2, 0) is 6.42 Å². The molecular weight excluding hydrogens is 298 g/mol. The van der Waals surface area contributed by atoms with E-state index in [9.17, 15) is 5.11 Å². The molecule has 1 N–H and O–H groups in total. The van der Waals surface area contributed by atoms with E-state index in [2.05, 4.69) is 34.5 Å². The van der Waals surface area contributed by atoms with Crippen LogP contribution in [0.15, 0.2) is 72.8 Å². The molecule has 24 heavy (non-hydrogen) atoms. The lowest BCUT2D eigenvalue weighted by atomic mass is 10.0. The maximum Gasteiger partial charge on any atom is 0.113 e. The van der Waals surface area contributed by atoms with E-state index >= 15 is 0 Å². The third-order valence-corrected chi connectivity index (χ3v) is 4.05. The van der Waals surface area contributed by atoms with E-state index in [1.54, 1.807) is 4.80 Å². The van der Waals surface area contributed by atoms with Crippen molar-refractivity contribution in [2.75, 3.05) is 6.61 Å². The van der Waals surface area contributed by atoms with Gasteiger partial charge in [0.15, 0.2) is 0 Å². The number of hydrogen-bond acceptors (Lipinski definition) is 3. The molecule has 0 radical (unpaired) electrons. The third kappa shape index (κ3) is 2.68. The lowest BCUT2D eigenvalue weighted by molar-refractivity contribution is 0.299. The Hall–Kier alpha value is -2.98. The number of aliphatic hydroxyl groups is 1. The van der Waals surface area contributed by atoms with E-state index in [-0.39, 0.29) is 6.61 Å². The van der Waals surface area contributed by atoms with Crippen molar-refractivity contribution in [3.05, 3.63) is 78.4 Å². The van der Waals surface area contributed by atoms with Crippen LogP contribution in [0.4, 0.5) is 0 Å². The summed E-state index contributed by atoms with van der Waals surface area (Å²) in [5.74, 6) is 0. The highest BCUT2D eigenvalue weighted by Crippen LogP contribution is 2.28. The molecule has 4 heteroatoms. The summed E-state index contributed by atoms with van der Waals surface area (Å²) in [6, 6.07) is 24.2. The molecular formula is C20H17N3O. The molecule has 0 atom stereocenters. The molecule has 0 unspecified atom stereocenters. The normalized spacial score (nSPS) is 11.0. The van der Waals surface area contributed by atoms with Crippen LogP contribution in [0.3, 0.4) is 0 Å². The number of benzene rings is 3. The largest absolute Gasteiger partial charge is 0.396 e. The number of nitrogens with zero attached hydrogens (tertiary/aromatic N) is 3. The predicted octanol–water partition coefficient (Wildman–Crippen LogP) is 3.62. The summed E-state index contributed by atoms with van der Waals surface area (Å²) in [4.78, 5) is 1.69. The fourth-order valence-corrected chi connectivity index (χ4v) is 2.86. The minimum absolute atomic E-state index is 0.124.